The summed E-state index contributed by atoms with van der Waals surface area (Å²) in [5, 5.41) is 13.4. The van der Waals surface area contributed by atoms with Crippen LogP contribution in [0.25, 0.3) is 0 Å². The highest BCUT2D eigenvalue weighted by Gasteiger charge is 2.31. The predicted octanol–water partition coefficient (Wildman–Crippen LogP) is 3.17. The van der Waals surface area contributed by atoms with E-state index in [1.807, 2.05) is 0 Å². The molecule has 9 heteroatoms. The normalized spacial score (nSPS) is 13.9. The number of hydrogen-bond donors (Lipinski definition) is 2. The van der Waals surface area contributed by atoms with Gasteiger partial charge >= 0.3 is 6.18 Å². The maximum absolute atomic E-state index is 12.6. The summed E-state index contributed by atoms with van der Waals surface area (Å²) in [5.41, 5.74) is -0.355. The lowest BCUT2D eigenvalue weighted by Gasteiger charge is -2.12. The van der Waals surface area contributed by atoms with Gasteiger partial charge in [-0.25, -0.2) is 13.1 Å². The fourth-order valence-electron chi connectivity index (χ4n) is 1.88. The van der Waals surface area contributed by atoms with Crippen molar-refractivity contribution in [2.24, 2.45) is 0 Å². The number of alkyl halides is 3. The Hall–Kier alpha value is -1.42. The van der Waals surface area contributed by atoms with E-state index in [4.69, 9.17) is 0 Å². The van der Waals surface area contributed by atoms with E-state index in [2.05, 4.69) is 4.72 Å². The first kappa shape index (κ1) is 17.9. The molecule has 1 atom stereocenters. The van der Waals surface area contributed by atoms with Crippen LogP contribution in [0.1, 0.15) is 23.7 Å². The SMILES string of the molecule is O=S(=O)(NCC[C@@H](O)c1ccsc1)c1cccc(C(F)(F)F)c1. The molecule has 0 aliphatic rings. The van der Waals surface area contributed by atoms with E-state index in [0.29, 0.717) is 11.6 Å². The quantitative estimate of drug-likeness (QED) is 0.826. The van der Waals surface area contributed by atoms with Gasteiger partial charge in [0.1, 0.15) is 0 Å². The molecule has 4 nitrogen and oxygen atoms in total. The summed E-state index contributed by atoms with van der Waals surface area (Å²) in [6, 6.07) is 5.23. The molecule has 1 aromatic carbocycles. The molecule has 0 bridgehead atoms. The molecule has 0 spiro atoms. The number of rotatable bonds is 6. The van der Waals surface area contributed by atoms with Gasteiger partial charge in [0.05, 0.1) is 16.6 Å². The van der Waals surface area contributed by atoms with Gasteiger partial charge in [0.25, 0.3) is 0 Å². The zero-order chi connectivity index (χ0) is 17.1. The summed E-state index contributed by atoms with van der Waals surface area (Å²) in [7, 11) is -4.07. The van der Waals surface area contributed by atoms with E-state index in [1.54, 1.807) is 16.8 Å². The molecule has 0 saturated heterocycles. The molecular formula is C14H14F3NO3S2. The van der Waals surface area contributed by atoms with Crippen LogP contribution in [-0.4, -0.2) is 20.1 Å². The number of thiophene rings is 1. The van der Waals surface area contributed by atoms with Gasteiger partial charge in [0.2, 0.25) is 10.0 Å². The van der Waals surface area contributed by atoms with Gasteiger partial charge in [0, 0.05) is 6.54 Å². The van der Waals surface area contributed by atoms with Crippen molar-refractivity contribution in [1.82, 2.24) is 4.72 Å². The van der Waals surface area contributed by atoms with Crippen molar-refractivity contribution in [3.8, 4) is 0 Å². The minimum absolute atomic E-state index is 0.0877. The maximum atomic E-state index is 12.6. The molecular weight excluding hydrogens is 351 g/mol. The fourth-order valence-corrected chi connectivity index (χ4v) is 3.68. The van der Waals surface area contributed by atoms with Crippen molar-refractivity contribution < 1.29 is 26.7 Å². The Balaban J connectivity index is 2.02. The Morgan fingerprint density at radius 2 is 2.00 bits per heavy atom. The van der Waals surface area contributed by atoms with Crippen LogP contribution in [0, 0.1) is 0 Å². The molecule has 2 aromatic rings. The van der Waals surface area contributed by atoms with Crippen molar-refractivity contribution in [2.45, 2.75) is 23.6 Å². The third-order valence-electron chi connectivity index (χ3n) is 3.11. The average molecular weight is 365 g/mol. The van der Waals surface area contributed by atoms with E-state index in [-0.39, 0.29) is 13.0 Å². The Bertz CT molecular complexity index is 743. The van der Waals surface area contributed by atoms with Crippen molar-refractivity contribution in [2.75, 3.05) is 6.54 Å². The Kier molecular flexibility index (Phi) is 5.45. The average Bonchev–Trinajstić information content (AvgIpc) is 3.00. The maximum Gasteiger partial charge on any atom is 0.416 e. The van der Waals surface area contributed by atoms with Gasteiger partial charge in [-0.05, 0) is 47.0 Å². The van der Waals surface area contributed by atoms with Crippen LogP contribution in [0.3, 0.4) is 0 Å². The molecule has 0 aliphatic heterocycles. The van der Waals surface area contributed by atoms with Crippen molar-refractivity contribution >= 4 is 21.4 Å². The zero-order valence-corrected chi connectivity index (χ0v) is 13.4. The van der Waals surface area contributed by atoms with Gasteiger partial charge in [-0.15, -0.1) is 0 Å². The van der Waals surface area contributed by atoms with Crippen molar-refractivity contribution in [3.63, 3.8) is 0 Å². The monoisotopic (exact) mass is 365 g/mol. The van der Waals surface area contributed by atoms with E-state index in [9.17, 15) is 26.7 Å². The topological polar surface area (TPSA) is 66.4 Å². The highest BCUT2D eigenvalue weighted by molar-refractivity contribution is 7.89. The van der Waals surface area contributed by atoms with Gasteiger partial charge in [-0.1, -0.05) is 6.07 Å². The Morgan fingerprint density at radius 1 is 1.26 bits per heavy atom. The Morgan fingerprint density at radius 3 is 2.61 bits per heavy atom. The van der Waals surface area contributed by atoms with E-state index in [0.717, 1.165) is 18.2 Å². The second kappa shape index (κ2) is 7.00. The van der Waals surface area contributed by atoms with Crippen LogP contribution in [0.15, 0.2) is 46.0 Å². The third-order valence-corrected chi connectivity index (χ3v) is 5.27. The molecule has 0 aliphatic carbocycles. The standard InChI is InChI=1S/C14H14F3NO3S2/c15-14(16,17)11-2-1-3-12(8-11)23(20,21)18-6-4-13(19)10-5-7-22-9-10/h1-3,5,7-9,13,18-19H,4,6H2/t13-/m1/s1. The van der Waals surface area contributed by atoms with Crippen LogP contribution in [0.2, 0.25) is 0 Å². The first-order valence-corrected chi connectivity index (χ1v) is 9.00. The minimum atomic E-state index is -4.61. The molecule has 0 amide bonds. The van der Waals surface area contributed by atoms with Gasteiger partial charge in [-0.3, -0.25) is 0 Å². The van der Waals surface area contributed by atoms with Gasteiger partial charge < -0.3 is 5.11 Å². The van der Waals surface area contributed by atoms with Crippen LogP contribution in [0.4, 0.5) is 13.2 Å². The first-order valence-electron chi connectivity index (χ1n) is 6.57. The molecule has 0 unspecified atom stereocenters. The molecule has 1 aromatic heterocycles. The highest BCUT2D eigenvalue weighted by Crippen LogP contribution is 2.30. The van der Waals surface area contributed by atoms with Crippen molar-refractivity contribution in [3.05, 3.63) is 52.2 Å². The zero-order valence-electron chi connectivity index (χ0n) is 11.7. The second-order valence-corrected chi connectivity index (χ2v) is 7.33. The van der Waals surface area contributed by atoms with Crippen molar-refractivity contribution in [1.29, 1.82) is 0 Å². The first-order chi connectivity index (χ1) is 10.7. The van der Waals surface area contributed by atoms with Crippen LogP contribution in [0.5, 0.6) is 0 Å². The van der Waals surface area contributed by atoms with Gasteiger partial charge in [0.15, 0.2) is 0 Å². The third kappa shape index (κ3) is 4.77. The number of nitrogens with one attached hydrogen (secondary N) is 1. The lowest BCUT2D eigenvalue weighted by Crippen LogP contribution is -2.26. The van der Waals surface area contributed by atoms with Gasteiger partial charge in [-0.2, -0.15) is 24.5 Å². The predicted molar refractivity (Wildman–Crippen MR) is 80.5 cm³/mol. The number of hydrogen-bond acceptors (Lipinski definition) is 4. The number of sulfonamides is 1. The van der Waals surface area contributed by atoms with Crippen LogP contribution in [-0.2, 0) is 16.2 Å². The molecule has 0 fully saturated rings. The molecule has 2 rings (SSSR count). The molecule has 1 heterocycles. The lowest BCUT2D eigenvalue weighted by atomic mass is 10.1. The second-order valence-electron chi connectivity index (χ2n) is 4.78. The fraction of sp³-hybridized carbons (Fsp3) is 0.286. The summed E-state index contributed by atoms with van der Waals surface area (Å²) in [6.45, 7) is -0.0877. The molecule has 2 N–H and O–H groups in total. The highest BCUT2D eigenvalue weighted by atomic mass is 32.2. The number of benzene rings is 1. The summed E-state index contributed by atoms with van der Waals surface area (Å²) >= 11 is 1.40. The number of aliphatic hydroxyl groups excluding tert-OH is 1. The molecule has 23 heavy (non-hydrogen) atoms. The number of halogens is 3. The minimum Gasteiger partial charge on any atom is -0.388 e. The molecule has 126 valence electrons. The summed E-state index contributed by atoms with van der Waals surface area (Å²) in [6.07, 6.45) is -5.32. The largest absolute Gasteiger partial charge is 0.416 e. The van der Waals surface area contributed by atoms with E-state index < -0.39 is 32.8 Å². The van der Waals surface area contributed by atoms with Crippen LogP contribution >= 0.6 is 11.3 Å². The van der Waals surface area contributed by atoms with E-state index in [1.165, 1.54) is 11.3 Å². The van der Waals surface area contributed by atoms with Crippen LogP contribution < -0.4 is 4.72 Å². The number of aliphatic hydroxyl groups is 1. The summed E-state index contributed by atoms with van der Waals surface area (Å²) < 4.78 is 64.1. The summed E-state index contributed by atoms with van der Waals surface area (Å²) in [4.78, 5) is -0.461. The van der Waals surface area contributed by atoms with E-state index >= 15 is 0 Å². The molecule has 0 saturated carbocycles. The molecule has 0 radical (unpaired) electrons. The smallest absolute Gasteiger partial charge is 0.388 e. The Labute approximate surface area is 135 Å². The summed E-state index contributed by atoms with van der Waals surface area (Å²) in [5.74, 6) is 0. The lowest BCUT2D eigenvalue weighted by molar-refractivity contribution is -0.137.